The van der Waals surface area contributed by atoms with Crippen LogP contribution in [-0.2, 0) is 16.0 Å². The molecule has 1 fully saturated rings. The molecule has 1 unspecified atom stereocenters. The van der Waals surface area contributed by atoms with Gasteiger partial charge in [0.05, 0.1) is 0 Å². The van der Waals surface area contributed by atoms with Crippen molar-refractivity contribution >= 4 is 29.3 Å². The average Bonchev–Trinajstić information content (AvgIpc) is 2.47. The smallest absolute Gasteiger partial charge is 0.303 e. The summed E-state index contributed by atoms with van der Waals surface area (Å²) in [6, 6.07) is 7.59. The van der Waals surface area contributed by atoms with E-state index in [2.05, 4.69) is 10.6 Å². The fourth-order valence-corrected chi connectivity index (χ4v) is 3.14. The summed E-state index contributed by atoms with van der Waals surface area (Å²) in [4.78, 5) is 22.5. The Labute approximate surface area is 128 Å². The van der Waals surface area contributed by atoms with Crippen LogP contribution in [0.5, 0.6) is 0 Å². The molecular weight excluding hydrogens is 288 g/mol. The number of aryl methyl sites for hydroxylation is 1. The minimum absolute atomic E-state index is 0.00767. The largest absolute Gasteiger partial charge is 0.481 e. The molecule has 0 bridgehead atoms. The number of hydrogen-bond acceptors (Lipinski definition) is 4. The minimum Gasteiger partial charge on any atom is -0.481 e. The molecular formula is C15H20N2O3S. The predicted molar refractivity (Wildman–Crippen MR) is 84.8 cm³/mol. The molecule has 1 heterocycles. The van der Waals surface area contributed by atoms with E-state index < -0.39 is 5.97 Å². The van der Waals surface area contributed by atoms with Crippen LogP contribution in [0.1, 0.15) is 18.4 Å². The molecule has 2 rings (SSSR count). The predicted octanol–water partition coefficient (Wildman–Crippen LogP) is 1.74. The molecule has 6 heteroatoms. The number of anilines is 1. The Morgan fingerprint density at radius 1 is 1.33 bits per heavy atom. The first-order chi connectivity index (χ1) is 10.1. The zero-order valence-electron chi connectivity index (χ0n) is 11.8. The lowest BCUT2D eigenvalue weighted by Crippen LogP contribution is -2.39. The first-order valence-corrected chi connectivity index (χ1v) is 8.20. The number of carboxylic acid groups (broad SMARTS) is 1. The molecule has 0 aromatic heterocycles. The fourth-order valence-electron chi connectivity index (χ4n) is 2.19. The van der Waals surface area contributed by atoms with Crippen molar-refractivity contribution in [3.05, 3.63) is 29.8 Å². The molecule has 21 heavy (non-hydrogen) atoms. The summed E-state index contributed by atoms with van der Waals surface area (Å²) in [5.41, 5.74) is 1.71. The fraction of sp³-hybridized carbons (Fsp3) is 0.467. The van der Waals surface area contributed by atoms with Crippen LogP contribution in [-0.4, -0.2) is 41.1 Å². The maximum Gasteiger partial charge on any atom is 0.303 e. The Morgan fingerprint density at radius 3 is 2.71 bits per heavy atom. The standard InChI is InChI=1S/C15H20N2O3S/c18-14(9-13-10-21-8-7-16-13)17-12-4-1-11(2-5-12)3-6-15(19)20/h1-2,4-5,13,16H,3,6-10H2,(H,17,18)(H,19,20). The van der Waals surface area contributed by atoms with Gasteiger partial charge in [0.15, 0.2) is 0 Å². The van der Waals surface area contributed by atoms with Gasteiger partial charge in [-0.15, -0.1) is 0 Å². The molecule has 5 nitrogen and oxygen atoms in total. The number of nitrogens with one attached hydrogen (secondary N) is 2. The molecule has 0 saturated carbocycles. The van der Waals surface area contributed by atoms with Gasteiger partial charge in [0.1, 0.15) is 0 Å². The van der Waals surface area contributed by atoms with Crippen molar-refractivity contribution in [3.8, 4) is 0 Å². The second kappa shape index (κ2) is 8.05. The van der Waals surface area contributed by atoms with Crippen LogP contribution in [0, 0.1) is 0 Å². The van der Waals surface area contributed by atoms with E-state index in [1.54, 1.807) is 0 Å². The van der Waals surface area contributed by atoms with Gasteiger partial charge in [-0.25, -0.2) is 0 Å². The highest BCUT2D eigenvalue weighted by atomic mass is 32.2. The van der Waals surface area contributed by atoms with Crippen LogP contribution in [0.15, 0.2) is 24.3 Å². The maximum atomic E-state index is 11.9. The molecule has 0 aliphatic carbocycles. The first kappa shape index (κ1) is 15.9. The number of hydrogen-bond donors (Lipinski definition) is 3. The Balaban J connectivity index is 1.79. The summed E-state index contributed by atoms with van der Waals surface area (Å²) in [7, 11) is 0. The van der Waals surface area contributed by atoms with Gasteiger partial charge in [0.25, 0.3) is 0 Å². The minimum atomic E-state index is -0.801. The number of benzene rings is 1. The molecule has 1 saturated heterocycles. The Hall–Kier alpha value is -1.53. The van der Waals surface area contributed by atoms with Gasteiger partial charge in [-0.1, -0.05) is 12.1 Å². The first-order valence-electron chi connectivity index (χ1n) is 7.05. The molecule has 1 aromatic rings. The quantitative estimate of drug-likeness (QED) is 0.746. The highest BCUT2D eigenvalue weighted by molar-refractivity contribution is 7.99. The van der Waals surface area contributed by atoms with Crippen molar-refractivity contribution in [2.24, 2.45) is 0 Å². The van der Waals surface area contributed by atoms with Crippen molar-refractivity contribution in [2.45, 2.75) is 25.3 Å². The monoisotopic (exact) mass is 308 g/mol. The molecule has 1 atom stereocenters. The van der Waals surface area contributed by atoms with E-state index in [4.69, 9.17) is 5.11 Å². The highest BCUT2D eigenvalue weighted by Crippen LogP contribution is 2.14. The van der Waals surface area contributed by atoms with Crippen LogP contribution in [0.3, 0.4) is 0 Å². The van der Waals surface area contributed by atoms with E-state index in [1.165, 1.54) is 0 Å². The lowest BCUT2D eigenvalue weighted by molar-refractivity contribution is -0.137. The van der Waals surface area contributed by atoms with Gasteiger partial charge in [0, 0.05) is 42.6 Å². The van der Waals surface area contributed by atoms with Gasteiger partial charge < -0.3 is 15.7 Å². The van der Waals surface area contributed by atoms with E-state index in [0.29, 0.717) is 12.8 Å². The van der Waals surface area contributed by atoms with Gasteiger partial charge in [-0.3, -0.25) is 9.59 Å². The lowest BCUT2D eigenvalue weighted by Gasteiger charge is -2.22. The summed E-state index contributed by atoms with van der Waals surface area (Å²) in [5, 5.41) is 14.9. The molecule has 1 aromatic carbocycles. The summed E-state index contributed by atoms with van der Waals surface area (Å²) < 4.78 is 0. The summed E-state index contributed by atoms with van der Waals surface area (Å²) in [5.74, 6) is 1.29. The van der Waals surface area contributed by atoms with E-state index in [-0.39, 0.29) is 18.4 Å². The number of aliphatic carboxylic acids is 1. The third-order valence-electron chi connectivity index (χ3n) is 3.30. The van der Waals surface area contributed by atoms with Crippen LogP contribution in [0.2, 0.25) is 0 Å². The van der Waals surface area contributed by atoms with Gasteiger partial charge in [-0.05, 0) is 24.1 Å². The molecule has 1 aliphatic heterocycles. The van der Waals surface area contributed by atoms with E-state index in [0.717, 1.165) is 29.3 Å². The van der Waals surface area contributed by atoms with Gasteiger partial charge in [-0.2, -0.15) is 11.8 Å². The van der Waals surface area contributed by atoms with E-state index >= 15 is 0 Å². The van der Waals surface area contributed by atoms with Crippen molar-refractivity contribution in [3.63, 3.8) is 0 Å². The van der Waals surface area contributed by atoms with Crippen molar-refractivity contribution < 1.29 is 14.7 Å². The summed E-state index contributed by atoms with van der Waals surface area (Å²) in [6.07, 6.45) is 1.11. The lowest BCUT2D eigenvalue weighted by atomic mass is 10.1. The van der Waals surface area contributed by atoms with Gasteiger partial charge in [0.2, 0.25) is 5.91 Å². The maximum absolute atomic E-state index is 11.9. The SMILES string of the molecule is O=C(O)CCc1ccc(NC(=O)CC2CSCCN2)cc1. The van der Waals surface area contributed by atoms with Crippen LogP contribution < -0.4 is 10.6 Å². The zero-order valence-corrected chi connectivity index (χ0v) is 12.6. The number of carbonyl (C=O) groups excluding carboxylic acids is 1. The molecule has 1 amide bonds. The second-order valence-corrected chi connectivity index (χ2v) is 6.22. The third kappa shape index (κ3) is 5.77. The Kier molecular flexibility index (Phi) is 6.07. The molecule has 3 N–H and O–H groups in total. The summed E-state index contributed by atoms with van der Waals surface area (Å²) in [6.45, 7) is 0.959. The normalized spacial score (nSPS) is 18.2. The molecule has 0 radical (unpaired) electrons. The van der Waals surface area contributed by atoms with E-state index in [1.807, 2.05) is 36.0 Å². The number of thioether (sulfide) groups is 1. The molecule has 1 aliphatic rings. The second-order valence-electron chi connectivity index (χ2n) is 5.07. The van der Waals surface area contributed by atoms with Crippen molar-refractivity contribution in [1.29, 1.82) is 0 Å². The van der Waals surface area contributed by atoms with Crippen LogP contribution >= 0.6 is 11.8 Å². The average molecular weight is 308 g/mol. The number of amides is 1. The van der Waals surface area contributed by atoms with Crippen LogP contribution in [0.4, 0.5) is 5.69 Å². The van der Waals surface area contributed by atoms with Gasteiger partial charge >= 0.3 is 5.97 Å². The van der Waals surface area contributed by atoms with E-state index in [9.17, 15) is 9.59 Å². The topological polar surface area (TPSA) is 78.4 Å². The van der Waals surface area contributed by atoms with Crippen LogP contribution in [0.25, 0.3) is 0 Å². The van der Waals surface area contributed by atoms with Crippen molar-refractivity contribution in [1.82, 2.24) is 5.32 Å². The molecule has 0 spiro atoms. The molecule has 114 valence electrons. The Bertz CT molecular complexity index is 484. The number of carbonyl (C=O) groups is 2. The highest BCUT2D eigenvalue weighted by Gasteiger charge is 2.16. The summed E-state index contributed by atoms with van der Waals surface area (Å²) >= 11 is 1.87. The number of rotatable bonds is 6. The third-order valence-corrected chi connectivity index (χ3v) is 4.43. The zero-order chi connectivity index (χ0) is 15.1. The Morgan fingerprint density at radius 2 is 2.10 bits per heavy atom. The number of carboxylic acids is 1. The van der Waals surface area contributed by atoms with Crippen molar-refractivity contribution in [2.75, 3.05) is 23.4 Å².